The highest BCUT2D eigenvalue weighted by Crippen LogP contribution is 2.25. The second-order valence-corrected chi connectivity index (χ2v) is 4.70. The molecule has 0 aliphatic rings. The summed E-state index contributed by atoms with van der Waals surface area (Å²) in [5.41, 5.74) is 2.31. The van der Waals surface area contributed by atoms with Crippen LogP contribution >= 0.6 is 23.2 Å². The Morgan fingerprint density at radius 2 is 1.59 bits per heavy atom. The number of nitrogens with one attached hydrogen (secondary N) is 1. The zero-order valence-corrected chi connectivity index (χ0v) is 11.0. The van der Waals surface area contributed by atoms with Gasteiger partial charge in [0.1, 0.15) is 0 Å². The number of hydrogen-bond acceptors (Lipinski definition) is 1. The maximum Gasteiger partial charge on any atom is 0.0574 e. The molecule has 2 aromatic rings. The van der Waals surface area contributed by atoms with E-state index in [9.17, 15) is 0 Å². The molecule has 2 aromatic carbocycles. The lowest BCUT2D eigenvalue weighted by atomic mass is 9.99. The minimum atomic E-state index is 0.131. The summed E-state index contributed by atoms with van der Waals surface area (Å²) in [5, 5.41) is 4.77. The van der Waals surface area contributed by atoms with Gasteiger partial charge in [-0.25, -0.2) is 0 Å². The zero-order valence-electron chi connectivity index (χ0n) is 9.45. The van der Waals surface area contributed by atoms with E-state index < -0.39 is 0 Å². The summed E-state index contributed by atoms with van der Waals surface area (Å²) in [5.74, 6) is 0. The highest BCUT2D eigenvalue weighted by atomic mass is 35.5. The van der Waals surface area contributed by atoms with E-state index >= 15 is 0 Å². The first-order chi connectivity index (χ1) is 8.20. The van der Waals surface area contributed by atoms with Crippen molar-refractivity contribution >= 4 is 23.2 Å². The summed E-state index contributed by atoms with van der Waals surface area (Å²) in [6.07, 6.45) is 0. The van der Waals surface area contributed by atoms with Crippen molar-refractivity contribution in [2.24, 2.45) is 0 Å². The average molecular weight is 266 g/mol. The summed E-state index contributed by atoms with van der Waals surface area (Å²) < 4.78 is 0. The quantitative estimate of drug-likeness (QED) is 0.873. The molecule has 0 saturated heterocycles. The first-order valence-corrected chi connectivity index (χ1v) is 6.14. The van der Waals surface area contributed by atoms with Crippen molar-refractivity contribution in [1.29, 1.82) is 0 Å². The third kappa shape index (κ3) is 3.01. The first-order valence-electron chi connectivity index (χ1n) is 5.39. The Morgan fingerprint density at radius 3 is 2.18 bits per heavy atom. The van der Waals surface area contributed by atoms with Gasteiger partial charge in [0, 0.05) is 10.0 Å². The van der Waals surface area contributed by atoms with Gasteiger partial charge in [0.15, 0.2) is 0 Å². The lowest BCUT2D eigenvalue weighted by Gasteiger charge is -2.17. The molecular formula is C14H13Cl2N. The van der Waals surface area contributed by atoms with Gasteiger partial charge in [0.25, 0.3) is 0 Å². The Bertz CT molecular complexity index is 494. The van der Waals surface area contributed by atoms with Crippen LogP contribution in [0.4, 0.5) is 0 Å². The van der Waals surface area contributed by atoms with Crippen LogP contribution in [0.2, 0.25) is 10.0 Å². The number of hydrogen-bond donors (Lipinski definition) is 1. The molecule has 0 aliphatic carbocycles. The van der Waals surface area contributed by atoms with Crippen molar-refractivity contribution in [3.05, 3.63) is 69.7 Å². The molecule has 0 aliphatic heterocycles. The minimum Gasteiger partial charge on any atom is -0.309 e. The van der Waals surface area contributed by atoms with E-state index in [1.807, 2.05) is 49.5 Å². The van der Waals surface area contributed by atoms with E-state index in [1.165, 1.54) is 5.56 Å². The summed E-state index contributed by atoms with van der Waals surface area (Å²) in [4.78, 5) is 0. The highest BCUT2D eigenvalue weighted by Gasteiger charge is 2.11. The maximum absolute atomic E-state index is 6.01. The van der Waals surface area contributed by atoms with E-state index in [0.29, 0.717) is 0 Å². The van der Waals surface area contributed by atoms with Gasteiger partial charge >= 0.3 is 0 Å². The summed E-state index contributed by atoms with van der Waals surface area (Å²) >= 11 is 11.9. The van der Waals surface area contributed by atoms with Gasteiger partial charge in [-0.1, -0.05) is 47.5 Å². The second-order valence-electron chi connectivity index (χ2n) is 3.83. The minimum absolute atomic E-state index is 0.131. The van der Waals surface area contributed by atoms with Crippen LogP contribution in [0.25, 0.3) is 0 Å². The van der Waals surface area contributed by atoms with E-state index in [1.54, 1.807) is 0 Å². The van der Waals surface area contributed by atoms with Crippen molar-refractivity contribution in [2.75, 3.05) is 7.05 Å². The van der Waals surface area contributed by atoms with Crippen LogP contribution in [0.3, 0.4) is 0 Å². The fraction of sp³-hybridized carbons (Fsp3) is 0.143. The average Bonchev–Trinajstić information content (AvgIpc) is 2.33. The summed E-state index contributed by atoms with van der Waals surface area (Å²) in [6.45, 7) is 0. The molecule has 1 atom stereocenters. The third-order valence-electron chi connectivity index (χ3n) is 2.67. The largest absolute Gasteiger partial charge is 0.309 e. The van der Waals surface area contributed by atoms with E-state index in [2.05, 4.69) is 11.4 Å². The van der Waals surface area contributed by atoms with Gasteiger partial charge in [-0.3, -0.25) is 0 Å². The molecule has 1 nitrogen and oxygen atoms in total. The molecule has 0 amide bonds. The predicted octanol–water partition coefficient (Wildman–Crippen LogP) is 4.30. The molecule has 0 heterocycles. The molecular weight excluding hydrogens is 253 g/mol. The summed E-state index contributed by atoms with van der Waals surface area (Å²) in [6, 6.07) is 15.8. The van der Waals surface area contributed by atoms with E-state index in [-0.39, 0.29) is 6.04 Å². The van der Waals surface area contributed by atoms with Gasteiger partial charge in [-0.05, 0) is 42.4 Å². The van der Waals surface area contributed by atoms with Gasteiger partial charge < -0.3 is 5.32 Å². The van der Waals surface area contributed by atoms with Crippen LogP contribution in [-0.2, 0) is 0 Å². The van der Waals surface area contributed by atoms with Crippen molar-refractivity contribution in [3.8, 4) is 0 Å². The normalized spacial score (nSPS) is 12.4. The van der Waals surface area contributed by atoms with Crippen LogP contribution in [0.1, 0.15) is 17.2 Å². The molecule has 17 heavy (non-hydrogen) atoms. The molecule has 1 unspecified atom stereocenters. The topological polar surface area (TPSA) is 12.0 Å². The molecule has 0 fully saturated rings. The Hall–Kier alpha value is -1.02. The third-order valence-corrected chi connectivity index (χ3v) is 3.16. The number of halogens is 2. The molecule has 0 saturated carbocycles. The lowest BCUT2D eigenvalue weighted by Crippen LogP contribution is -2.17. The van der Waals surface area contributed by atoms with Crippen molar-refractivity contribution in [3.63, 3.8) is 0 Å². The van der Waals surface area contributed by atoms with Gasteiger partial charge in [-0.2, -0.15) is 0 Å². The van der Waals surface area contributed by atoms with Crippen LogP contribution in [0, 0.1) is 0 Å². The Morgan fingerprint density at radius 1 is 0.882 bits per heavy atom. The number of benzene rings is 2. The molecule has 0 bridgehead atoms. The number of rotatable bonds is 3. The predicted molar refractivity (Wildman–Crippen MR) is 73.8 cm³/mol. The van der Waals surface area contributed by atoms with Gasteiger partial charge in [0.05, 0.1) is 6.04 Å². The fourth-order valence-corrected chi connectivity index (χ4v) is 2.19. The first kappa shape index (κ1) is 12.4. The smallest absolute Gasteiger partial charge is 0.0574 e. The fourth-order valence-electron chi connectivity index (χ4n) is 1.87. The Balaban J connectivity index is 2.36. The molecule has 88 valence electrons. The Kier molecular flexibility index (Phi) is 4.06. The van der Waals surface area contributed by atoms with Crippen molar-refractivity contribution in [1.82, 2.24) is 5.32 Å². The van der Waals surface area contributed by atoms with Crippen molar-refractivity contribution < 1.29 is 0 Å². The molecule has 3 heteroatoms. The van der Waals surface area contributed by atoms with Crippen LogP contribution in [-0.4, -0.2) is 7.05 Å². The van der Waals surface area contributed by atoms with E-state index in [0.717, 1.165) is 15.6 Å². The second kappa shape index (κ2) is 5.54. The molecule has 2 rings (SSSR count). The van der Waals surface area contributed by atoms with Crippen LogP contribution in [0.15, 0.2) is 48.5 Å². The zero-order chi connectivity index (χ0) is 12.3. The monoisotopic (exact) mass is 265 g/mol. The van der Waals surface area contributed by atoms with Crippen molar-refractivity contribution in [2.45, 2.75) is 6.04 Å². The van der Waals surface area contributed by atoms with Crippen LogP contribution in [0.5, 0.6) is 0 Å². The van der Waals surface area contributed by atoms with Gasteiger partial charge in [0.2, 0.25) is 0 Å². The SMILES string of the molecule is CNC(c1ccc(Cl)cc1)c1cccc(Cl)c1. The lowest BCUT2D eigenvalue weighted by molar-refractivity contribution is 0.692. The summed E-state index contributed by atoms with van der Waals surface area (Å²) in [7, 11) is 1.93. The molecule has 0 aromatic heterocycles. The van der Waals surface area contributed by atoms with Gasteiger partial charge in [-0.15, -0.1) is 0 Å². The maximum atomic E-state index is 6.01. The Labute approximate surface area is 111 Å². The highest BCUT2D eigenvalue weighted by molar-refractivity contribution is 6.30. The van der Waals surface area contributed by atoms with Crippen LogP contribution < -0.4 is 5.32 Å². The standard InChI is InChI=1S/C14H13Cl2N/c1-17-14(10-5-7-12(15)8-6-10)11-3-2-4-13(16)9-11/h2-9,14,17H,1H3. The molecule has 0 radical (unpaired) electrons. The molecule has 1 N–H and O–H groups in total. The molecule has 0 spiro atoms. The van der Waals surface area contributed by atoms with E-state index in [4.69, 9.17) is 23.2 Å².